The van der Waals surface area contributed by atoms with Crippen LogP contribution < -0.4 is 4.74 Å². The first-order chi connectivity index (χ1) is 10.7. The van der Waals surface area contributed by atoms with E-state index in [9.17, 15) is 4.79 Å². The fourth-order valence-electron chi connectivity index (χ4n) is 1.90. The van der Waals surface area contributed by atoms with Crippen LogP contribution in [0.1, 0.15) is 29.0 Å². The third-order valence-electron chi connectivity index (χ3n) is 3.03. The van der Waals surface area contributed by atoms with Crippen molar-refractivity contribution >= 4 is 11.9 Å². The third-order valence-corrected chi connectivity index (χ3v) is 3.03. The van der Waals surface area contributed by atoms with Crippen LogP contribution in [0, 0.1) is 11.3 Å². The predicted octanol–water partition coefficient (Wildman–Crippen LogP) is 3.00. The number of carbonyl (C=O) groups excluding carboxylic acids is 1. The molecule has 0 saturated carbocycles. The molecule has 1 heterocycles. The zero-order valence-corrected chi connectivity index (χ0v) is 12.4. The molecule has 0 aliphatic heterocycles. The summed E-state index contributed by atoms with van der Waals surface area (Å²) < 4.78 is 7.24. The fourth-order valence-corrected chi connectivity index (χ4v) is 1.90. The molecular formula is C17H17N3O2. The van der Waals surface area contributed by atoms with Gasteiger partial charge in [0.25, 0.3) is 0 Å². The summed E-state index contributed by atoms with van der Waals surface area (Å²) >= 11 is 0. The Morgan fingerprint density at radius 1 is 1.50 bits per heavy atom. The van der Waals surface area contributed by atoms with Crippen molar-refractivity contribution in [2.45, 2.75) is 12.8 Å². The Morgan fingerprint density at radius 2 is 2.36 bits per heavy atom. The minimum Gasteiger partial charge on any atom is -0.494 e. The highest BCUT2D eigenvalue weighted by Gasteiger charge is 2.06. The lowest BCUT2D eigenvalue weighted by Crippen LogP contribution is -2.03. The molecule has 112 valence electrons. The second-order valence-corrected chi connectivity index (χ2v) is 4.74. The molecular weight excluding hydrogens is 278 g/mol. The molecule has 0 bridgehead atoms. The number of hydrogen-bond donors (Lipinski definition) is 0. The number of ether oxygens (including phenoxy) is 1. The van der Waals surface area contributed by atoms with Crippen LogP contribution in [0.2, 0.25) is 0 Å². The Hall–Kier alpha value is -2.87. The lowest BCUT2D eigenvalue weighted by Gasteiger charge is -2.05. The molecule has 5 nitrogen and oxygen atoms in total. The average Bonchev–Trinajstić information content (AvgIpc) is 2.96. The number of ketones is 1. The first-order valence-corrected chi connectivity index (χ1v) is 7.00. The van der Waals surface area contributed by atoms with Crippen molar-refractivity contribution in [1.29, 1.82) is 5.26 Å². The average molecular weight is 295 g/mol. The highest BCUT2D eigenvalue weighted by molar-refractivity contribution is 6.04. The van der Waals surface area contributed by atoms with Crippen LogP contribution in [0.25, 0.3) is 6.08 Å². The molecule has 0 unspecified atom stereocenters. The summed E-state index contributed by atoms with van der Waals surface area (Å²) in [6.45, 7) is 0.507. The molecule has 0 amide bonds. The van der Waals surface area contributed by atoms with Gasteiger partial charge >= 0.3 is 0 Å². The predicted molar refractivity (Wildman–Crippen MR) is 83.4 cm³/mol. The molecule has 5 heteroatoms. The maximum Gasteiger partial charge on any atom is 0.221 e. The van der Waals surface area contributed by atoms with E-state index in [1.165, 1.54) is 6.08 Å². The fraction of sp³-hybridized carbons (Fsp3) is 0.235. The zero-order chi connectivity index (χ0) is 15.8. The molecule has 22 heavy (non-hydrogen) atoms. The van der Waals surface area contributed by atoms with Crippen LogP contribution in [0.4, 0.5) is 0 Å². The molecule has 0 saturated heterocycles. The van der Waals surface area contributed by atoms with E-state index in [1.807, 2.05) is 24.3 Å². The molecule has 0 fully saturated rings. The van der Waals surface area contributed by atoms with E-state index in [4.69, 9.17) is 10.00 Å². The molecule has 0 aliphatic carbocycles. The number of hydrogen-bond acceptors (Lipinski definition) is 4. The topological polar surface area (TPSA) is 67.9 Å². The minimum atomic E-state index is -0.146. The van der Waals surface area contributed by atoms with Crippen LogP contribution in [-0.4, -0.2) is 21.9 Å². The summed E-state index contributed by atoms with van der Waals surface area (Å²) in [6.07, 6.45) is 7.75. The lowest BCUT2D eigenvalue weighted by atomic mass is 10.2. The second kappa shape index (κ2) is 7.79. The standard InChI is InChI=1S/C17H17N3O2/c1-20-11-10-19-17(20)16(21)8-7-14-5-4-6-15(13-14)22-12-3-2-9-18/h4-8,10-11,13H,2-3,12H2,1H3/b8-7-. The number of carbonyl (C=O) groups is 1. The Kier molecular flexibility index (Phi) is 5.50. The maximum atomic E-state index is 12.0. The summed E-state index contributed by atoms with van der Waals surface area (Å²) in [4.78, 5) is 16.0. The summed E-state index contributed by atoms with van der Waals surface area (Å²) in [6, 6.07) is 9.55. The van der Waals surface area contributed by atoms with Crippen molar-refractivity contribution in [1.82, 2.24) is 9.55 Å². The number of aromatic nitrogens is 2. The molecule has 0 spiro atoms. The van der Waals surface area contributed by atoms with E-state index in [0.717, 1.165) is 11.3 Å². The van der Waals surface area contributed by atoms with Gasteiger partial charge in [0.1, 0.15) is 5.75 Å². The molecule has 1 aromatic heterocycles. The summed E-state index contributed by atoms with van der Waals surface area (Å²) in [7, 11) is 1.78. The molecule has 1 aromatic carbocycles. The van der Waals surface area contributed by atoms with E-state index in [1.54, 1.807) is 30.1 Å². The molecule has 0 N–H and O–H groups in total. The third kappa shape index (κ3) is 4.32. The van der Waals surface area contributed by atoms with Crippen molar-refractivity contribution < 1.29 is 9.53 Å². The SMILES string of the molecule is Cn1ccnc1C(=O)/C=C\c1cccc(OCCCC#N)c1. The monoisotopic (exact) mass is 295 g/mol. The number of nitriles is 1. The van der Waals surface area contributed by atoms with Gasteiger partial charge in [-0.25, -0.2) is 4.98 Å². The van der Waals surface area contributed by atoms with Crippen LogP contribution in [0.15, 0.2) is 42.7 Å². The number of aryl methyl sites for hydroxylation is 1. The van der Waals surface area contributed by atoms with Gasteiger partial charge in [0.15, 0.2) is 5.82 Å². The van der Waals surface area contributed by atoms with E-state index < -0.39 is 0 Å². The zero-order valence-electron chi connectivity index (χ0n) is 12.4. The summed E-state index contributed by atoms with van der Waals surface area (Å²) in [5.41, 5.74) is 0.875. The van der Waals surface area contributed by atoms with Gasteiger partial charge in [-0.1, -0.05) is 18.2 Å². The van der Waals surface area contributed by atoms with Crippen LogP contribution in [0.3, 0.4) is 0 Å². The van der Waals surface area contributed by atoms with Gasteiger partial charge in [-0.05, 0) is 30.2 Å². The molecule has 0 aliphatic rings. The van der Waals surface area contributed by atoms with E-state index in [2.05, 4.69) is 11.1 Å². The Balaban J connectivity index is 1.98. The molecule has 0 radical (unpaired) electrons. The van der Waals surface area contributed by atoms with Crippen LogP contribution in [0.5, 0.6) is 5.75 Å². The highest BCUT2D eigenvalue weighted by Crippen LogP contribution is 2.15. The number of unbranched alkanes of at least 4 members (excludes halogenated alkanes) is 1. The molecule has 2 aromatic rings. The Labute approximate surface area is 129 Å². The van der Waals surface area contributed by atoms with Gasteiger partial charge in [-0.3, -0.25) is 4.79 Å². The highest BCUT2D eigenvalue weighted by atomic mass is 16.5. The number of benzene rings is 1. The number of imidazole rings is 1. The Morgan fingerprint density at radius 3 is 3.09 bits per heavy atom. The van der Waals surface area contributed by atoms with Gasteiger partial charge in [0, 0.05) is 25.9 Å². The number of rotatable bonds is 7. The second-order valence-electron chi connectivity index (χ2n) is 4.74. The van der Waals surface area contributed by atoms with Gasteiger partial charge in [0.2, 0.25) is 5.78 Å². The normalized spacial score (nSPS) is 10.5. The van der Waals surface area contributed by atoms with Crippen LogP contribution >= 0.6 is 0 Å². The maximum absolute atomic E-state index is 12.0. The van der Waals surface area contributed by atoms with Crippen molar-refractivity contribution in [3.8, 4) is 11.8 Å². The van der Waals surface area contributed by atoms with Gasteiger partial charge in [0.05, 0.1) is 12.7 Å². The Bertz CT molecular complexity index is 711. The van der Waals surface area contributed by atoms with Gasteiger partial charge in [-0.2, -0.15) is 5.26 Å². The van der Waals surface area contributed by atoms with E-state index in [-0.39, 0.29) is 5.78 Å². The summed E-state index contributed by atoms with van der Waals surface area (Å²) in [5, 5.41) is 8.47. The smallest absolute Gasteiger partial charge is 0.221 e. The minimum absolute atomic E-state index is 0.146. The van der Waals surface area contributed by atoms with E-state index in [0.29, 0.717) is 25.3 Å². The number of allylic oxidation sites excluding steroid dienone is 1. The van der Waals surface area contributed by atoms with Crippen molar-refractivity contribution in [3.05, 3.63) is 54.1 Å². The summed E-state index contributed by atoms with van der Waals surface area (Å²) in [5.74, 6) is 0.984. The lowest BCUT2D eigenvalue weighted by molar-refractivity contribution is 0.103. The van der Waals surface area contributed by atoms with Crippen LogP contribution in [-0.2, 0) is 7.05 Å². The first kappa shape index (κ1) is 15.5. The first-order valence-electron chi connectivity index (χ1n) is 7.00. The molecule has 0 atom stereocenters. The van der Waals surface area contributed by atoms with E-state index >= 15 is 0 Å². The van der Waals surface area contributed by atoms with Gasteiger partial charge < -0.3 is 9.30 Å². The van der Waals surface area contributed by atoms with Gasteiger partial charge in [-0.15, -0.1) is 0 Å². The van der Waals surface area contributed by atoms with Crippen molar-refractivity contribution in [3.63, 3.8) is 0 Å². The van der Waals surface area contributed by atoms with Crippen molar-refractivity contribution in [2.24, 2.45) is 7.05 Å². The molecule has 2 rings (SSSR count). The van der Waals surface area contributed by atoms with Crippen molar-refractivity contribution in [2.75, 3.05) is 6.61 Å². The quantitative estimate of drug-likeness (QED) is 0.447. The largest absolute Gasteiger partial charge is 0.494 e. The number of nitrogens with zero attached hydrogens (tertiary/aromatic N) is 3.